The van der Waals surface area contributed by atoms with Crippen LogP contribution < -0.4 is 20.7 Å². The number of carbonyl (C=O) groups excluding carboxylic acids is 1. The maximum atomic E-state index is 10.8. The number of methoxy groups -OCH3 is 1. The van der Waals surface area contributed by atoms with Crippen molar-refractivity contribution >= 4 is 5.91 Å². The Kier molecular flexibility index (Phi) is 6.02. The Bertz CT molecular complexity index is 441. The molecule has 0 radical (unpaired) electrons. The number of primary amides is 1. The predicted octanol–water partition coefficient (Wildman–Crippen LogP) is -1.15. The molecule has 0 aliphatic carbocycles. The molecule has 1 fully saturated rings. The van der Waals surface area contributed by atoms with Gasteiger partial charge in [0.2, 0.25) is 5.91 Å². The van der Waals surface area contributed by atoms with Crippen molar-refractivity contribution in [1.29, 1.82) is 0 Å². The number of hydrogen-bond donors (Lipinski definition) is 3. The molecular formula is C16H27N3O2+2. The molecule has 5 nitrogen and oxygen atoms in total. The van der Waals surface area contributed by atoms with E-state index in [1.54, 1.807) is 12.0 Å². The van der Waals surface area contributed by atoms with Crippen LogP contribution >= 0.6 is 0 Å². The molecule has 1 atom stereocenters. The van der Waals surface area contributed by atoms with Gasteiger partial charge in [0.15, 0.2) is 6.04 Å². The van der Waals surface area contributed by atoms with Gasteiger partial charge in [-0.05, 0) is 24.3 Å². The molecule has 0 unspecified atom stereocenters. The third-order valence-electron chi connectivity index (χ3n) is 4.25. The van der Waals surface area contributed by atoms with Gasteiger partial charge >= 0.3 is 0 Å². The van der Waals surface area contributed by atoms with Gasteiger partial charge in [0.1, 0.15) is 12.3 Å². The number of nitrogens with one attached hydrogen (secondary N) is 1. The second-order valence-corrected chi connectivity index (χ2v) is 5.72. The van der Waals surface area contributed by atoms with Gasteiger partial charge < -0.3 is 20.7 Å². The normalized spacial score (nSPS) is 16.8. The molecule has 0 bridgehead atoms. The minimum Gasteiger partial charge on any atom is -0.497 e. The van der Waals surface area contributed by atoms with Crippen LogP contribution in [0.25, 0.3) is 0 Å². The molecule has 21 heavy (non-hydrogen) atoms. The van der Waals surface area contributed by atoms with E-state index in [2.05, 4.69) is 17.4 Å². The van der Waals surface area contributed by atoms with Gasteiger partial charge in [-0.1, -0.05) is 0 Å². The van der Waals surface area contributed by atoms with E-state index in [1.165, 1.54) is 31.5 Å². The van der Waals surface area contributed by atoms with Crippen LogP contribution in [0.4, 0.5) is 0 Å². The van der Waals surface area contributed by atoms with E-state index in [1.807, 2.05) is 12.1 Å². The summed E-state index contributed by atoms with van der Waals surface area (Å²) in [6.45, 7) is 4.24. The number of likely N-dealkylation sites (tertiary alicyclic amines) is 1. The molecule has 1 saturated heterocycles. The Balaban J connectivity index is 1.98. The predicted molar refractivity (Wildman–Crippen MR) is 81.1 cm³/mol. The van der Waals surface area contributed by atoms with Crippen LogP contribution in [0.15, 0.2) is 24.3 Å². The van der Waals surface area contributed by atoms with Crippen molar-refractivity contribution in [2.75, 3.05) is 33.3 Å². The molecule has 1 heterocycles. The standard InChI is InChI=1S/C16H25N3O2/c1-21-14-6-4-13(5-7-14)15(19-10-2-3-11-19)12-18-9-8-16(17)20/h4-7,15,18H,2-3,8-12H2,1H3,(H2,17,20)/p+2/t15-/m1/s1. The summed E-state index contributed by atoms with van der Waals surface area (Å²) in [5, 5.41) is 2.21. The summed E-state index contributed by atoms with van der Waals surface area (Å²) in [6, 6.07) is 8.86. The van der Waals surface area contributed by atoms with Crippen molar-refractivity contribution in [2.24, 2.45) is 5.73 Å². The molecule has 2 rings (SSSR count). The summed E-state index contributed by atoms with van der Waals surface area (Å²) in [4.78, 5) is 12.5. The maximum Gasteiger partial charge on any atom is 0.223 e. The van der Waals surface area contributed by atoms with Crippen LogP contribution in [0.1, 0.15) is 30.9 Å². The molecule has 5 heteroatoms. The first-order valence-corrected chi connectivity index (χ1v) is 7.79. The van der Waals surface area contributed by atoms with E-state index < -0.39 is 0 Å². The molecule has 0 saturated carbocycles. The fourth-order valence-electron chi connectivity index (χ4n) is 3.08. The smallest absolute Gasteiger partial charge is 0.223 e. The van der Waals surface area contributed by atoms with Crippen LogP contribution in [0.5, 0.6) is 5.75 Å². The lowest BCUT2D eigenvalue weighted by atomic mass is 10.1. The number of nitrogens with two attached hydrogens (primary N) is 2. The first-order chi connectivity index (χ1) is 10.2. The summed E-state index contributed by atoms with van der Waals surface area (Å²) in [7, 11) is 1.69. The molecular weight excluding hydrogens is 266 g/mol. The van der Waals surface area contributed by atoms with Gasteiger partial charge in [-0.15, -0.1) is 0 Å². The fraction of sp³-hybridized carbons (Fsp3) is 0.562. The van der Waals surface area contributed by atoms with E-state index >= 15 is 0 Å². The Morgan fingerprint density at radius 1 is 1.33 bits per heavy atom. The van der Waals surface area contributed by atoms with E-state index in [0.29, 0.717) is 12.5 Å². The lowest BCUT2D eigenvalue weighted by molar-refractivity contribution is -0.934. The maximum absolute atomic E-state index is 10.8. The Morgan fingerprint density at radius 3 is 2.57 bits per heavy atom. The molecule has 1 aliphatic rings. The molecule has 1 aromatic rings. The van der Waals surface area contributed by atoms with Crippen molar-refractivity contribution in [1.82, 2.24) is 0 Å². The Morgan fingerprint density at radius 2 is 2.00 bits per heavy atom. The average molecular weight is 293 g/mol. The zero-order valence-electron chi connectivity index (χ0n) is 12.8. The van der Waals surface area contributed by atoms with Gasteiger partial charge in [-0.25, -0.2) is 0 Å². The number of rotatable bonds is 8. The summed E-state index contributed by atoms with van der Waals surface area (Å²) in [5.41, 5.74) is 6.55. The minimum atomic E-state index is -0.222. The van der Waals surface area contributed by atoms with Crippen LogP contribution in [0, 0.1) is 0 Å². The largest absolute Gasteiger partial charge is 0.497 e. The quantitative estimate of drug-likeness (QED) is 0.530. The highest BCUT2D eigenvalue weighted by Gasteiger charge is 2.28. The molecule has 0 spiro atoms. The highest BCUT2D eigenvalue weighted by Crippen LogP contribution is 2.15. The summed E-state index contributed by atoms with van der Waals surface area (Å²) in [5.74, 6) is 0.674. The van der Waals surface area contributed by atoms with Crippen LogP contribution in [-0.4, -0.2) is 39.2 Å². The topological polar surface area (TPSA) is 73.4 Å². The van der Waals surface area contributed by atoms with Crippen LogP contribution in [-0.2, 0) is 4.79 Å². The highest BCUT2D eigenvalue weighted by atomic mass is 16.5. The molecule has 0 aromatic heterocycles. The average Bonchev–Trinajstić information content (AvgIpc) is 3.01. The van der Waals surface area contributed by atoms with E-state index in [4.69, 9.17) is 10.5 Å². The summed E-state index contributed by atoms with van der Waals surface area (Å²) < 4.78 is 5.23. The summed E-state index contributed by atoms with van der Waals surface area (Å²) in [6.07, 6.45) is 3.07. The SMILES string of the molecule is COc1ccc([C@@H](C[NH2+]CCC(N)=O)[NH+]2CCCC2)cc1. The fourth-order valence-corrected chi connectivity index (χ4v) is 3.08. The van der Waals surface area contributed by atoms with Crippen molar-refractivity contribution in [3.8, 4) is 5.75 Å². The van der Waals surface area contributed by atoms with Crippen molar-refractivity contribution < 1.29 is 19.7 Å². The van der Waals surface area contributed by atoms with Crippen LogP contribution in [0.3, 0.4) is 0 Å². The lowest BCUT2D eigenvalue weighted by Crippen LogP contribution is -3.13. The van der Waals surface area contributed by atoms with E-state index in [0.717, 1.165) is 18.8 Å². The summed E-state index contributed by atoms with van der Waals surface area (Å²) >= 11 is 0. The first-order valence-electron chi connectivity index (χ1n) is 7.79. The highest BCUT2D eigenvalue weighted by molar-refractivity contribution is 5.73. The number of benzene rings is 1. The van der Waals surface area contributed by atoms with Crippen molar-refractivity contribution in [3.63, 3.8) is 0 Å². The van der Waals surface area contributed by atoms with Gasteiger partial charge in [0.05, 0.1) is 33.2 Å². The number of ether oxygens (including phenoxy) is 1. The Hall–Kier alpha value is -1.59. The lowest BCUT2D eigenvalue weighted by Gasteiger charge is -2.23. The number of quaternary nitrogens is 2. The molecule has 116 valence electrons. The van der Waals surface area contributed by atoms with E-state index in [-0.39, 0.29) is 5.91 Å². The molecule has 1 amide bonds. The van der Waals surface area contributed by atoms with E-state index in [9.17, 15) is 4.79 Å². The van der Waals surface area contributed by atoms with Crippen molar-refractivity contribution in [2.45, 2.75) is 25.3 Å². The van der Waals surface area contributed by atoms with Gasteiger partial charge in [-0.3, -0.25) is 4.79 Å². The number of amides is 1. The molecule has 1 aromatic carbocycles. The number of carbonyl (C=O) groups is 1. The molecule has 1 aliphatic heterocycles. The van der Waals surface area contributed by atoms with Gasteiger partial charge in [-0.2, -0.15) is 0 Å². The number of hydrogen-bond acceptors (Lipinski definition) is 2. The minimum absolute atomic E-state index is 0.222. The van der Waals surface area contributed by atoms with Crippen molar-refractivity contribution in [3.05, 3.63) is 29.8 Å². The third kappa shape index (κ3) is 4.72. The monoisotopic (exact) mass is 293 g/mol. The van der Waals surface area contributed by atoms with Crippen LogP contribution in [0.2, 0.25) is 0 Å². The van der Waals surface area contributed by atoms with Gasteiger partial charge in [0, 0.05) is 18.4 Å². The second kappa shape index (κ2) is 8.00. The first kappa shape index (κ1) is 15.8. The third-order valence-corrected chi connectivity index (χ3v) is 4.25. The van der Waals surface area contributed by atoms with Gasteiger partial charge in [0.25, 0.3) is 0 Å². The second-order valence-electron chi connectivity index (χ2n) is 5.72. The Labute approximate surface area is 126 Å². The zero-order valence-corrected chi connectivity index (χ0v) is 12.8. The zero-order chi connectivity index (χ0) is 15.1. The molecule has 5 N–H and O–H groups in total.